The largest absolute Gasteiger partial charge is 0.489 e. The minimum Gasteiger partial charge on any atom is -0.489 e. The lowest BCUT2D eigenvalue weighted by Crippen LogP contribution is -2.26. The molecule has 1 aliphatic heterocycles. The van der Waals surface area contributed by atoms with Crippen molar-refractivity contribution in [3.05, 3.63) is 77.9 Å². The molecule has 0 unspecified atom stereocenters. The van der Waals surface area contributed by atoms with E-state index in [-0.39, 0.29) is 0 Å². The zero-order chi connectivity index (χ0) is 17.6. The first-order valence-electron chi connectivity index (χ1n) is 9.40. The van der Waals surface area contributed by atoms with Gasteiger partial charge in [0.25, 0.3) is 0 Å². The van der Waals surface area contributed by atoms with Gasteiger partial charge < -0.3 is 14.8 Å². The fraction of sp³-hybridized carbons (Fsp3) is 0.304. The molecular weight excluding hydrogens is 322 g/mol. The molecule has 134 valence electrons. The van der Waals surface area contributed by atoms with Crippen molar-refractivity contribution in [2.45, 2.75) is 32.1 Å². The third-order valence-electron chi connectivity index (χ3n) is 4.93. The Morgan fingerprint density at radius 2 is 1.81 bits per heavy atom. The van der Waals surface area contributed by atoms with Crippen LogP contribution in [-0.4, -0.2) is 19.3 Å². The summed E-state index contributed by atoms with van der Waals surface area (Å²) in [5.41, 5.74) is 2.40. The van der Waals surface area contributed by atoms with E-state index in [1.807, 2.05) is 18.2 Å². The molecule has 3 aromatic carbocycles. The van der Waals surface area contributed by atoms with Crippen molar-refractivity contribution < 1.29 is 9.47 Å². The highest BCUT2D eigenvalue weighted by molar-refractivity contribution is 5.87. The van der Waals surface area contributed by atoms with Gasteiger partial charge in [0, 0.05) is 25.3 Å². The molecule has 1 heterocycles. The number of hydrogen-bond donors (Lipinski definition) is 1. The summed E-state index contributed by atoms with van der Waals surface area (Å²) in [4.78, 5) is 0. The molecule has 1 atom stereocenters. The fourth-order valence-corrected chi connectivity index (χ4v) is 3.53. The third-order valence-corrected chi connectivity index (χ3v) is 4.93. The highest BCUT2D eigenvalue weighted by atomic mass is 16.5. The van der Waals surface area contributed by atoms with Crippen molar-refractivity contribution in [1.82, 2.24) is 5.32 Å². The van der Waals surface area contributed by atoms with Gasteiger partial charge in [-0.05, 0) is 35.2 Å². The van der Waals surface area contributed by atoms with Crippen molar-refractivity contribution in [2.75, 3.05) is 13.2 Å². The monoisotopic (exact) mass is 347 g/mol. The second-order valence-electron chi connectivity index (χ2n) is 6.80. The molecule has 0 saturated carbocycles. The minimum atomic E-state index is 0.346. The van der Waals surface area contributed by atoms with Gasteiger partial charge in [-0.2, -0.15) is 0 Å². The first-order valence-corrected chi connectivity index (χ1v) is 9.40. The highest BCUT2D eigenvalue weighted by Crippen LogP contribution is 2.29. The van der Waals surface area contributed by atoms with Crippen LogP contribution in [0.3, 0.4) is 0 Å². The number of benzene rings is 3. The SMILES string of the molecule is c1ccc(COc2ccc3ccccc3c2CNC[C@H]2CCCO2)cc1. The molecule has 3 nitrogen and oxygen atoms in total. The van der Waals surface area contributed by atoms with E-state index in [4.69, 9.17) is 9.47 Å². The molecule has 26 heavy (non-hydrogen) atoms. The van der Waals surface area contributed by atoms with Crippen LogP contribution < -0.4 is 10.1 Å². The van der Waals surface area contributed by atoms with E-state index in [2.05, 4.69) is 53.8 Å². The number of nitrogens with one attached hydrogen (secondary N) is 1. The summed E-state index contributed by atoms with van der Waals surface area (Å²) in [5, 5.41) is 6.06. The normalized spacial score (nSPS) is 16.8. The average Bonchev–Trinajstić information content (AvgIpc) is 3.21. The van der Waals surface area contributed by atoms with Gasteiger partial charge in [-0.25, -0.2) is 0 Å². The summed E-state index contributed by atoms with van der Waals surface area (Å²) in [7, 11) is 0. The smallest absolute Gasteiger partial charge is 0.124 e. The number of ether oxygens (including phenoxy) is 2. The van der Waals surface area contributed by atoms with Crippen molar-refractivity contribution in [3.8, 4) is 5.75 Å². The van der Waals surface area contributed by atoms with Crippen LogP contribution in [0.5, 0.6) is 5.75 Å². The maximum atomic E-state index is 6.18. The molecular formula is C23H25NO2. The van der Waals surface area contributed by atoms with Crippen molar-refractivity contribution in [3.63, 3.8) is 0 Å². The lowest BCUT2D eigenvalue weighted by Gasteiger charge is -2.16. The quantitative estimate of drug-likeness (QED) is 0.673. The molecule has 0 aromatic heterocycles. The molecule has 0 radical (unpaired) electrons. The van der Waals surface area contributed by atoms with Crippen LogP contribution in [-0.2, 0) is 17.9 Å². The molecule has 4 rings (SSSR count). The molecule has 0 amide bonds. The van der Waals surface area contributed by atoms with Gasteiger partial charge in [-0.1, -0.05) is 60.7 Å². The van der Waals surface area contributed by atoms with Gasteiger partial charge in [0.1, 0.15) is 12.4 Å². The van der Waals surface area contributed by atoms with Crippen LogP contribution in [0.4, 0.5) is 0 Å². The third kappa shape index (κ3) is 4.06. The van der Waals surface area contributed by atoms with Gasteiger partial charge >= 0.3 is 0 Å². The Kier molecular flexibility index (Phi) is 5.48. The van der Waals surface area contributed by atoms with Crippen LogP contribution in [0.15, 0.2) is 66.7 Å². The predicted octanol–water partition coefficient (Wildman–Crippen LogP) is 4.69. The molecule has 0 spiro atoms. The van der Waals surface area contributed by atoms with Gasteiger partial charge in [-0.15, -0.1) is 0 Å². The van der Waals surface area contributed by atoms with E-state index < -0.39 is 0 Å². The van der Waals surface area contributed by atoms with E-state index in [0.29, 0.717) is 12.7 Å². The van der Waals surface area contributed by atoms with E-state index >= 15 is 0 Å². The second-order valence-corrected chi connectivity index (χ2v) is 6.80. The average molecular weight is 347 g/mol. The molecule has 1 fully saturated rings. The molecule has 1 saturated heterocycles. The topological polar surface area (TPSA) is 30.5 Å². The van der Waals surface area contributed by atoms with E-state index in [9.17, 15) is 0 Å². The first-order chi connectivity index (χ1) is 12.9. The molecule has 0 bridgehead atoms. The second kappa shape index (κ2) is 8.35. The zero-order valence-corrected chi connectivity index (χ0v) is 15.0. The molecule has 3 heteroatoms. The van der Waals surface area contributed by atoms with E-state index in [0.717, 1.165) is 31.9 Å². The number of fused-ring (bicyclic) bond motifs is 1. The van der Waals surface area contributed by atoms with Gasteiger partial charge in [0.15, 0.2) is 0 Å². The van der Waals surface area contributed by atoms with Gasteiger partial charge in [0.2, 0.25) is 0 Å². The van der Waals surface area contributed by atoms with Crippen LogP contribution in [0.25, 0.3) is 10.8 Å². The Labute approximate surface area is 154 Å². The summed E-state index contributed by atoms with van der Waals surface area (Å²) in [6.07, 6.45) is 2.67. The van der Waals surface area contributed by atoms with Crippen LogP contribution in [0.1, 0.15) is 24.0 Å². The lowest BCUT2D eigenvalue weighted by atomic mass is 10.0. The van der Waals surface area contributed by atoms with Crippen LogP contribution in [0.2, 0.25) is 0 Å². The summed E-state index contributed by atoms with van der Waals surface area (Å²) in [6.45, 7) is 3.15. The Morgan fingerprint density at radius 1 is 0.962 bits per heavy atom. The summed E-state index contributed by atoms with van der Waals surface area (Å²) < 4.78 is 11.9. The van der Waals surface area contributed by atoms with E-state index in [1.54, 1.807) is 0 Å². The Bertz CT molecular complexity index is 841. The summed E-state index contributed by atoms with van der Waals surface area (Å²) >= 11 is 0. The predicted molar refractivity (Wildman–Crippen MR) is 105 cm³/mol. The highest BCUT2D eigenvalue weighted by Gasteiger charge is 2.15. The maximum absolute atomic E-state index is 6.18. The summed E-state index contributed by atoms with van der Waals surface area (Å²) in [6, 6.07) is 23.0. The lowest BCUT2D eigenvalue weighted by molar-refractivity contribution is 0.110. The Morgan fingerprint density at radius 3 is 2.65 bits per heavy atom. The van der Waals surface area contributed by atoms with Gasteiger partial charge in [0.05, 0.1) is 6.10 Å². The van der Waals surface area contributed by atoms with Crippen molar-refractivity contribution >= 4 is 10.8 Å². The molecule has 0 aliphatic carbocycles. The van der Waals surface area contributed by atoms with Crippen LogP contribution in [0, 0.1) is 0 Å². The Hall–Kier alpha value is -2.36. The molecule has 3 aromatic rings. The first kappa shape index (κ1) is 17.1. The maximum Gasteiger partial charge on any atom is 0.124 e. The fourth-order valence-electron chi connectivity index (χ4n) is 3.53. The zero-order valence-electron chi connectivity index (χ0n) is 15.0. The molecule has 1 aliphatic rings. The van der Waals surface area contributed by atoms with E-state index in [1.165, 1.54) is 28.3 Å². The summed E-state index contributed by atoms with van der Waals surface area (Å²) in [5.74, 6) is 0.951. The number of hydrogen-bond acceptors (Lipinski definition) is 3. The van der Waals surface area contributed by atoms with Crippen molar-refractivity contribution in [2.24, 2.45) is 0 Å². The number of rotatable bonds is 7. The standard InChI is InChI=1S/C23H25NO2/c1-2-7-18(8-3-1)17-26-23-13-12-19-9-4-5-11-21(19)22(23)16-24-15-20-10-6-14-25-20/h1-5,7-9,11-13,20,24H,6,10,14-17H2/t20-/m1/s1. The molecule has 1 N–H and O–H groups in total. The van der Waals surface area contributed by atoms with Gasteiger partial charge in [-0.3, -0.25) is 0 Å². The Balaban J connectivity index is 1.52. The van der Waals surface area contributed by atoms with Crippen molar-refractivity contribution in [1.29, 1.82) is 0 Å². The van der Waals surface area contributed by atoms with Crippen LogP contribution >= 0.6 is 0 Å². The minimum absolute atomic E-state index is 0.346.